The van der Waals surface area contributed by atoms with Gasteiger partial charge in [0.25, 0.3) is 0 Å². The van der Waals surface area contributed by atoms with Crippen molar-refractivity contribution in [3.8, 4) is 0 Å². The molecule has 4 nitrogen and oxygen atoms in total. The van der Waals surface area contributed by atoms with E-state index in [0.29, 0.717) is 0 Å². The van der Waals surface area contributed by atoms with Crippen LogP contribution in [0.2, 0.25) is 0 Å². The molecule has 1 aliphatic heterocycles. The molecule has 0 aromatic heterocycles. The van der Waals surface area contributed by atoms with Crippen molar-refractivity contribution in [3.05, 3.63) is 60.4 Å². The van der Waals surface area contributed by atoms with E-state index in [-0.39, 0.29) is 11.2 Å². The lowest BCUT2D eigenvalue weighted by molar-refractivity contribution is 0.383. The van der Waals surface area contributed by atoms with Crippen LogP contribution >= 0.6 is 12.2 Å². The van der Waals surface area contributed by atoms with E-state index in [2.05, 4.69) is 34.2 Å². The SMILES string of the molecule is C=CCN1C=CC(/C=N/NC(N)=S)=C2C=CC=CC21. The van der Waals surface area contributed by atoms with Crippen molar-refractivity contribution < 1.29 is 0 Å². The van der Waals surface area contributed by atoms with E-state index in [1.54, 1.807) is 6.21 Å². The van der Waals surface area contributed by atoms with Crippen LogP contribution in [0.15, 0.2) is 65.5 Å². The molecule has 1 atom stereocenters. The molecule has 2 aliphatic rings. The van der Waals surface area contributed by atoms with E-state index >= 15 is 0 Å². The van der Waals surface area contributed by atoms with Gasteiger partial charge in [-0.05, 0) is 23.9 Å². The standard InChI is InChI=1S/C14H16N4S/c1-2-8-18-9-7-11(10-16-17-14(15)19)12-5-3-4-6-13(12)18/h2-7,9-10,13H,1,8H2,(H3,15,17,19)/b16-10+. The summed E-state index contributed by atoms with van der Waals surface area (Å²) in [6.45, 7) is 4.59. The van der Waals surface area contributed by atoms with Gasteiger partial charge >= 0.3 is 0 Å². The number of nitrogens with zero attached hydrogens (tertiary/aromatic N) is 2. The number of rotatable bonds is 4. The van der Waals surface area contributed by atoms with Crippen LogP contribution in [0, 0.1) is 0 Å². The maximum atomic E-state index is 5.33. The first-order chi connectivity index (χ1) is 9.22. The Morgan fingerprint density at radius 3 is 3.11 bits per heavy atom. The average Bonchev–Trinajstić information content (AvgIpc) is 2.41. The molecule has 5 heteroatoms. The number of nitrogens with two attached hydrogens (primary N) is 1. The third-order valence-electron chi connectivity index (χ3n) is 2.85. The zero-order valence-electron chi connectivity index (χ0n) is 10.5. The Kier molecular flexibility index (Phi) is 4.30. The minimum absolute atomic E-state index is 0.158. The smallest absolute Gasteiger partial charge is 0.184 e. The number of fused-ring (bicyclic) bond motifs is 1. The van der Waals surface area contributed by atoms with Gasteiger partial charge < -0.3 is 10.6 Å². The molecule has 0 amide bonds. The first kappa shape index (κ1) is 13.3. The number of nitrogens with one attached hydrogen (secondary N) is 1. The summed E-state index contributed by atoms with van der Waals surface area (Å²) in [5, 5.41) is 4.17. The molecule has 19 heavy (non-hydrogen) atoms. The van der Waals surface area contributed by atoms with Crippen molar-refractivity contribution in [1.82, 2.24) is 10.3 Å². The fourth-order valence-corrected chi connectivity index (χ4v) is 2.11. The second-order valence-corrected chi connectivity index (χ2v) is 4.57. The van der Waals surface area contributed by atoms with Gasteiger partial charge in [-0.2, -0.15) is 5.10 Å². The lowest BCUT2D eigenvalue weighted by atomic mass is 9.93. The summed E-state index contributed by atoms with van der Waals surface area (Å²) in [6.07, 6.45) is 16.0. The normalized spacial score (nSPS) is 20.8. The van der Waals surface area contributed by atoms with Crippen molar-refractivity contribution in [3.63, 3.8) is 0 Å². The van der Waals surface area contributed by atoms with E-state index < -0.39 is 0 Å². The highest BCUT2D eigenvalue weighted by Crippen LogP contribution is 2.25. The molecule has 1 unspecified atom stereocenters. The zero-order valence-corrected chi connectivity index (χ0v) is 11.3. The predicted molar refractivity (Wildman–Crippen MR) is 83.6 cm³/mol. The fourth-order valence-electron chi connectivity index (χ4n) is 2.06. The Balaban J connectivity index is 2.23. The lowest BCUT2D eigenvalue weighted by Gasteiger charge is -2.33. The van der Waals surface area contributed by atoms with Crippen LogP contribution in [0.4, 0.5) is 0 Å². The molecule has 0 bridgehead atoms. The summed E-state index contributed by atoms with van der Waals surface area (Å²) in [7, 11) is 0. The van der Waals surface area contributed by atoms with Gasteiger partial charge in [-0.3, -0.25) is 5.43 Å². The zero-order chi connectivity index (χ0) is 13.7. The number of hydrogen-bond donors (Lipinski definition) is 2. The first-order valence-corrected chi connectivity index (χ1v) is 6.35. The highest BCUT2D eigenvalue weighted by atomic mass is 32.1. The summed E-state index contributed by atoms with van der Waals surface area (Å²) in [4.78, 5) is 2.21. The van der Waals surface area contributed by atoms with Crippen LogP contribution in [0.5, 0.6) is 0 Å². The third kappa shape index (κ3) is 3.20. The maximum absolute atomic E-state index is 5.33. The van der Waals surface area contributed by atoms with Crippen LogP contribution in [0.3, 0.4) is 0 Å². The Hall–Kier alpha value is -2.14. The molecule has 0 spiro atoms. The molecule has 0 saturated carbocycles. The quantitative estimate of drug-likeness (QED) is 0.353. The number of allylic oxidation sites excluding steroid dienone is 4. The summed E-state index contributed by atoms with van der Waals surface area (Å²) < 4.78 is 0. The monoisotopic (exact) mass is 272 g/mol. The Bertz CT molecular complexity index is 526. The van der Waals surface area contributed by atoms with Crippen molar-refractivity contribution in [2.45, 2.75) is 6.04 Å². The van der Waals surface area contributed by atoms with Crippen LogP contribution in [0.25, 0.3) is 0 Å². The minimum atomic E-state index is 0.158. The van der Waals surface area contributed by atoms with Gasteiger partial charge in [0.2, 0.25) is 0 Å². The average molecular weight is 272 g/mol. The number of hydrogen-bond acceptors (Lipinski definition) is 3. The number of thiocarbonyl (C=S) groups is 1. The van der Waals surface area contributed by atoms with Crippen LogP contribution in [0.1, 0.15) is 0 Å². The molecule has 0 fully saturated rings. The Labute approximate surface area is 118 Å². The predicted octanol–water partition coefficient (Wildman–Crippen LogP) is 1.61. The molecular formula is C14H16N4S. The summed E-state index contributed by atoms with van der Waals surface area (Å²) in [6, 6.07) is 0.222. The van der Waals surface area contributed by atoms with Gasteiger partial charge in [0.05, 0.1) is 12.3 Å². The third-order valence-corrected chi connectivity index (χ3v) is 2.94. The van der Waals surface area contributed by atoms with Crippen molar-refractivity contribution in [2.75, 3.05) is 6.54 Å². The van der Waals surface area contributed by atoms with E-state index in [0.717, 1.165) is 12.1 Å². The first-order valence-electron chi connectivity index (χ1n) is 5.95. The molecule has 98 valence electrons. The summed E-state index contributed by atoms with van der Waals surface area (Å²) >= 11 is 4.70. The topological polar surface area (TPSA) is 53.6 Å². The molecule has 3 N–H and O–H groups in total. The second-order valence-electron chi connectivity index (χ2n) is 4.13. The van der Waals surface area contributed by atoms with Gasteiger partial charge in [-0.15, -0.1) is 6.58 Å². The van der Waals surface area contributed by atoms with Crippen LogP contribution in [-0.4, -0.2) is 28.8 Å². The largest absolute Gasteiger partial charge is 0.375 e. The Morgan fingerprint density at radius 2 is 2.37 bits per heavy atom. The van der Waals surface area contributed by atoms with Crippen molar-refractivity contribution in [2.24, 2.45) is 10.8 Å². The molecule has 1 heterocycles. The maximum Gasteiger partial charge on any atom is 0.184 e. The molecule has 0 aromatic rings. The second kappa shape index (κ2) is 6.15. The molecule has 0 saturated heterocycles. The van der Waals surface area contributed by atoms with Gasteiger partial charge in [-0.25, -0.2) is 0 Å². The Morgan fingerprint density at radius 1 is 1.53 bits per heavy atom. The molecule has 2 rings (SSSR count). The van der Waals surface area contributed by atoms with E-state index in [1.165, 1.54) is 5.57 Å². The lowest BCUT2D eigenvalue weighted by Crippen LogP contribution is -2.34. The van der Waals surface area contributed by atoms with Crippen LogP contribution < -0.4 is 11.2 Å². The summed E-state index contributed by atoms with van der Waals surface area (Å²) in [5.74, 6) is 0. The molecule has 0 aromatic carbocycles. The molecule has 1 aliphatic carbocycles. The molecule has 0 radical (unpaired) electrons. The van der Waals surface area contributed by atoms with Gasteiger partial charge in [0.1, 0.15) is 0 Å². The van der Waals surface area contributed by atoms with E-state index in [9.17, 15) is 0 Å². The van der Waals surface area contributed by atoms with E-state index in [1.807, 2.05) is 30.5 Å². The summed E-state index contributed by atoms with van der Waals surface area (Å²) in [5.41, 5.74) is 10.1. The van der Waals surface area contributed by atoms with Crippen LogP contribution in [-0.2, 0) is 0 Å². The van der Waals surface area contributed by atoms with Crippen molar-refractivity contribution in [1.29, 1.82) is 0 Å². The fraction of sp³-hybridized carbons (Fsp3) is 0.143. The van der Waals surface area contributed by atoms with Gasteiger partial charge in [0.15, 0.2) is 5.11 Å². The highest BCUT2D eigenvalue weighted by Gasteiger charge is 2.21. The van der Waals surface area contributed by atoms with Gasteiger partial charge in [0, 0.05) is 18.3 Å². The van der Waals surface area contributed by atoms with Crippen molar-refractivity contribution >= 4 is 23.5 Å². The number of hydrazone groups is 1. The highest BCUT2D eigenvalue weighted by molar-refractivity contribution is 7.80. The van der Waals surface area contributed by atoms with Gasteiger partial charge in [-0.1, -0.05) is 30.4 Å². The van der Waals surface area contributed by atoms with E-state index in [4.69, 9.17) is 18.0 Å². The minimum Gasteiger partial charge on any atom is -0.375 e. The molecular weight excluding hydrogens is 256 g/mol.